The van der Waals surface area contributed by atoms with Crippen molar-refractivity contribution in [3.05, 3.63) is 0 Å². The maximum Gasteiger partial charge on any atom is 0.0477 e. The first-order chi connectivity index (χ1) is 6.70. The molecular formula is C10H21NO2S. The Morgan fingerprint density at radius 2 is 2.07 bits per heavy atom. The highest BCUT2D eigenvalue weighted by molar-refractivity contribution is 7.85. The van der Waals surface area contributed by atoms with Crippen LogP contribution in [0.5, 0.6) is 0 Å². The summed E-state index contributed by atoms with van der Waals surface area (Å²) in [4.78, 5) is 0. The fourth-order valence-electron chi connectivity index (χ4n) is 1.55. The molecule has 1 N–H and O–H groups in total. The first-order valence-corrected chi connectivity index (χ1v) is 6.76. The molecule has 84 valence electrons. The zero-order valence-electron chi connectivity index (χ0n) is 9.12. The standard InChI is InChI=1S/C10H21NO2S/c1-9(2)11-5-8-14(12)10-3-6-13-7-4-10/h9-11H,3-8H2,1-2H3. The number of nitrogens with one attached hydrogen (secondary N) is 1. The average Bonchev–Trinajstić information content (AvgIpc) is 2.18. The van der Waals surface area contributed by atoms with Gasteiger partial charge in [0.05, 0.1) is 0 Å². The Kier molecular flexibility index (Phi) is 5.67. The van der Waals surface area contributed by atoms with Crippen LogP contribution >= 0.6 is 0 Å². The molecule has 14 heavy (non-hydrogen) atoms. The molecule has 1 saturated heterocycles. The summed E-state index contributed by atoms with van der Waals surface area (Å²) in [5.74, 6) is 0.781. The molecule has 0 saturated carbocycles. The smallest absolute Gasteiger partial charge is 0.0477 e. The second-order valence-electron chi connectivity index (χ2n) is 4.01. The molecule has 1 unspecified atom stereocenters. The van der Waals surface area contributed by atoms with Crippen LogP contribution in [0.2, 0.25) is 0 Å². The Labute approximate surface area is 89.1 Å². The van der Waals surface area contributed by atoms with Gasteiger partial charge in [-0.25, -0.2) is 0 Å². The number of hydrogen-bond donors (Lipinski definition) is 1. The van der Waals surface area contributed by atoms with Crippen molar-refractivity contribution in [2.24, 2.45) is 0 Å². The van der Waals surface area contributed by atoms with Crippen LogP contribution in [-0.4, -0.2) is 41.0 Å². The Hall–Kier alpha value is 0.0700. The summed E-state index contributed by atoms with van der Waals surface area (Å²) >= 11 is 0. The monoisotopic (exact) mass is 219 g/mol. The van der Waals surface area contributed by atoms with E-state index in [-0.39, 0.29) is 0 Å². The summed E-state index contributed by atoms with van der Waals surface area (Å²) in [6.07, 6.45) is 1.93. The molecule has 4 heteroatoms. The van der Waals surface area contributed by atoms with E-state index < -0.39 is 10.8 Å². The molecule has 0 aromatic heterocycles. The highest BCUT2D eigenvalue weighted by Gasteiger charge is 2.19. The van der Waals surface area contributed by atoms with E-state index in [2.05, 4.69) is 19.2 Å². The molecule has 0 aromatic rings. The van der Waals surface area contributed by atoms with E-state index in [9.17, 15) is 4.21 Å². The predicted molar refractivity (Wildman–Crippen MR) is 60.0 cm³/mol. The van der Waals surface area contributed by atoms with E-state index >= 15 is 0 Å². The molecule has 0 spiro atoms. The Bertz CT molecular complexity index is 179. The van der Waals surface area contributed by atoms with Gasteiger partial charge in [0.25, 0.3) is 0 Å². The normalized spacial score (nSPS) is 21.4. The van der Waals surface area contributed by atoms with Crippen LogP contribution in [0.3, 0.4) is 0 Å². The van der Waals surface area contributed by atoms with Crippen molar-refractivity contribution in [3.63, 3.8) is 0 Å². The summed E-state index contributed by atoms with van der Waals surface area (Å²) in [6, 6.07) is 0.488. The molecule has 0 amide bonds. The molecular weight excluding hydrogens is 198 g/mol. The third kappa shape index (κ3) is 4.53. The molecule has 0 bridgehead atoms. The number of hydrogen-bond acceptors (Lipinski definition) is 3. The fourth-order valence-corrected chi connectivity index (χ4v) is 2.92. The summed E-state index contributed by atoms with van der Waals surface area (Å²) in [5.41, 5.74) is 0. The number of rotatable bonds is 5. The highest BCUT2D eigenvalue weighted by atomic mass is 32.2. The van der Waals surface area contributed by atoms with Crippen LogP contribution in [0, 0.1) is 0 Å². The summed E-state index contributed by atoms with van der Waals surface area (Å²) in [5, 5.41) is 3.66. The molecule has 0 radical (unpaired) electrons. The van der Waals surface area contributed by atoms with E-state index in [0.717, 1.165) is 38.4 Å². The quantitative estimate of drug-likeness (QED) is 0.747. The van der Waals surface area contributed by atoms with Gasteiger partial charge in [-0.1, -0.05) is 13.8 Å². The molecule has 1 aliphatic heterocycles. The predicted octanol–water partition coefficient (Wildman–Crippen LogP) is 0.912. The van der Waals surface area contributed by atoms with Gasteiger partial charge in [-0.3, -0.25) is 4.21 Å². The van der Waals surface area contributed by atoms with Gasteiger partial charge in [-0.15, -0.1) is 0 Å². The number of ether oxygens (including phenoxy) is 1. The van der Waals surface area contributed by atoms with Crippen molar-refractivity contribution in [2.45, 2.75) is 38.0 Å². The van der Waals surface area contributed by atoms with Crippen molar-refractivity contribution in [1.29, 1.82) is 0 Å². The minimum absolute atomic E-state index is 0.373. The fraction of sp³-hybridized carbons (Fsp3) is 1.00. The lowest BCUT2D eigenvalue weighted by Crippen LogP contribution is -2.32. The van der Waals surface area contributed by atoms with Crippen LogP contribution in [0.1, 0.15) is 26.7 Å². The maximum absolute atomic E-state index is 11.8. The Morgan fingerprint density at radius 3 is 2.64 bits per heavy atom. The van der Waals surface area contributed by atoms with Gasteiger partial charge < -0.3 is 10.1 Å². The SMILES string of the molecule is CC(C)NCCS(=O)C1CCOCC1. The molecule has 1 aliphatic rings. The van der Waals surface area contributed by atoms with Crippen LogP contribution in [0.25, 0.3) is 0 Å². The molecule has 3 nitrogen and oxygen atoms in total. The molecule has 0 aliphatic carbocycles. The zero-order chi connectivity index (χ0) is 10.4. The van der Waals surface area contributed by atoms with Gasteiger partial charge in [0, 0.05) is 47.6 Å². The van der Waals surface area contributed by atoms with Crippen molar-refractivity contribution >= 4 is 10.8 Å². The summed E-state index contributed by atoms with van der Waals surface area (Å²) in [7, 11) is -0.665. The van der Waals surface area contributed by atoms with E-state index in [4.69, 9.17) is 4.74 Å². The largest absolute Gasteiger partial charge is 0.381 e. The highest BCUT2D eigenvalue weighted by Crippen LogP contribution is 2.12. The minimum Gasteiger partial charge on any atom is -0.381 e. The first-order valence-electron chi connectivity index (χ1n) is 5.38. The van der Waals surface area contributed by atoms with Crippen molar-refractivity contribution in [3.8, 4) is 0 Å². The topological polar surface area (TPSA) is 38.3 Å². The van der Waals surface area contributed by atoms with Crippen LogP contribution < -0.4 is 5.32 Å². The third-order valence-corrected chi connectivity index (χ3v) is 4.22. The Balaban J connectivity index is 2.13. The third-order valence-electron chi connectivity index (χ3n) is 2.40. The van der Waals surface area contributed by atoms with Gasteiger partial charge in [-0.2, -0.15) is 0 Å². The minimum atomic E-state index is -0.665. The molecule has 1 atom stereocenters. The second-order valence-corrected chi connectivity index (χ2v) is 5.84. The zero-order valence-corrected chi connectivity index (χ0v) is 9.94. The lowest BCUT2D eigenvalue weighted by molar-refractivity contribution is 0.0992. The van der Waals surface area contributed by atoms with E-state index in [0.29, 0.717) is 11.3 Å². The lowest BCUT2D eigenvalue weighted by atomic mass is 10.2. The van der Waals surface area contributed by atoms with Crippen LogP contribution in [-0.2, 0) is 15.5 Å². The van der Waals surface area contributed by atoms with E-state index in [1.54, 1.807) is 0 Å². The van der Waals surface area contributed by atoms with Crippen LogP contribution in [0.4, 0.5) is 0 Å². The molecule has 0 aromatic carbocycles. The average molecular weight is 219 g/mol. The molecule has 1 rings (SSSR count). The summed E-state index contributed by atoms with van der Waals surface area (Å²) < 4.78 is 17.0. The second kappa shape index (κ2) is 6.53. The maximum atomic E-state index is 11.8. The van der Waals surface area contributed by atoms with Gasteiger partial charge in [0.2, 0.25) is 0 Å². The van der Waals surface area contributed by atoms with Gasteiger partial charge >= 0.3 is 0 Å². The van der Waals surface area contributed by atoms with Gasteiger partial charge in [0.15, 0.2) is 0 Å². The summed E-state index contributed by atoms with van der Waals surface area (Å²) in [6.45, 7) is 6.65. The van der Waals surface area contributed by atoms with Crippen molar-refractivity contribution < 1.29 is 8.95 Å². The van der Waals surface area contributed by atoms with Crippen LogP contribution in [0.15, 0.2) is 0 Å². The van der Waals surface area contributed by atoms with E-state index in [1.807, 2.05) is 0 Å². The van der Waals surface area contributed by atoms with Crippen molar-refractivity contribution in [2.75, 3.05) is 25.5 Å². The van der Waals surface area contributed by atoms with E-state index in [1.165, 1.54) is 0 Å². The van der Waals surface area contributed by atoms with Gasteiger partial charge in [0.1, 0.15) is 0 Å². The molecule has 1 fully saturated rings. The van der Waals surface area contributed by atoms with Crippen molar-refractivity contribution in [1.82, 2.24) is 5.32 Å². The van der Waals surface area contributed by atoms with Gasteiger partial charge in [-0.05, 0) is 12.8 Å². The lowest BCUT2D eigenvalue weighted by Gasteiger charge is -2.21. The first kappa shape index (κ1) is 12.1. The Morgan fingerprint density at radius 1 is 1.43 bits per heavy atom. The molecule has 1 heterocycles.